The first-order chi connectivity index (χ1) is 7.69. The molecule has 0 saturated heterocycles. The van der Waals surface area contributed by atoms with E-state index in [0.717, 1.165) is 20.6 Å². The van der Waals surface area contributed by atoms with E-state index in [2.05, 4.69) is 47.8 Å². The molecule has 0 aliphatic rings. The second-order valence-corrected chi connectivity index (χ2v) is 5.28. The number of allylic oxidation sites excluding steroid dienone is 1. The summed E-state index contributed by atoms with van der Waals surface area (Å²) in [6, 6.07) is 3.57. The van der Waals surface area contributed by atoms with Gasteiger partial charge in [0.1, 0.15) is 12.4 Å². The smallest absolute Gasteiger partial charge is 0.153 e. The lowest BCUT2D eigenvalue weighted by atomic mass is 10.2. The Balaban J connectivity index is 2.85. The number of carbonyl (C=O) groups excluding carboxylic acids is 1. The number of alkyl halides is 1. The van der Waals surface area contributed by atoms with E-state index in [0.29, 0.717) is 17.9 Å². The van der Waals surface area contributed by atoms with Crippen molar-refractivity contribution in [1.82, 2.24) is 0 Å². The van der Waals surface area contributed by atoms with Gasteiger partial charge < -0.3 is 4.74 Å². The number of ether oxygens (including phenoxy) is 1. The van der Waals surface area contributed by atoms with E-state index in [1.165, 1.54) is 0 Å². The zero-order chi connectivity index (χ0) is 12.0. The van der Waals surface area contributed by atoms with Gasteiger partial charge in [-0.1, -0.05) is 44.0 Å². The van der Waals surface area contributed by atoms with Crippen LogP contribution in [0.2, 0.25) is 0 Å². The predicted molar refractivity (Wildman–Crippen MR) is 75.7 cm³/mol. The number of halogens is 3. The number of aldehydes is 1. The van der Waals surface area contributed by atoms with Gasteiger partial charge in [-0.15, -0.1) is 0 Å². The molecular formula is C11H9Br3O2. The molecule has 86 valence electrons. The molecule has 0 bridgehead atoms. The Hall–Kier alpha value is -0.130. The fourth-order valence-electron chi connectivity index (χ4n) is 1.08. The van der Waals surface area contributed by atoms with Crippen molar-refractivity contribution in [2.45, 2.75) is 0 Å². The molecule has 0 fully saturated rings. The van der Waals surface area contributed by atoms with E-state index in [9.17, 15) is 4.79 Å². The summed E-state index contributed by atoms with van der Waals surface area (Å²) in [4.78, 5) is 10.9. The molecule has 0 saturated carbocycles. The Bertz CT molecular complexity index is 402. The van der Waals surface area contributed by atoms with Crippen LogP contribution in [0.4, 0.5) is 0 Å². The van der Waals surface area contributed by atoms with Gasteiger partial charge >= 0.3 is 0 Å². The molecule has 0 aliphatic carbocycles. The summed E-state index contributed by atoms with van der Waals surface area (Å²) in [5.74, 6) is 0.567. The number of rotatable bonds is 5. The lowest BCUT2D eigenvalue weighted by Gasteiger charge is -2.09. The van der Waals surface area contributed by atoms with Crippen LogP contribution in [0.25, 0.3) is 0 Å². The van der Waals surface area contributed by atoms with Crippen LogP contribution in [0, 0.1) is 0 Å². The first-order valence-electron chi connectivity index (χ1n) is 4.47. The monoisotopic (exact) mass is 410 g/mol. The van der Waals surface area contributed by atoms with Gasteiger partial charge in [-0.2, -0.15) is 0 Å². The summed E-state index contributed by atoms with van der Waals surface area (Å²) in [5.41, 5.74) is 0.522. The minimum Gasteiger partial charge on any atom is -0.488 e. The van der Waals surface area contributed by atoms with Crippen LogP contribution >= 0.6 is 47.8 Å². The highest BCUT2D eigenvalue weighted by Crippen LogP contribution is 2.31. The standard InChI is InChI=1S/C11H9Br3O2/c12-3-1-2-4-16-11-8(7-15)5-9(13)6-10(11)14/h1-2,5-7H,3-4H2/b2-1+. The Labute approximate surface area is 119 Å². The van der Waals surface area contributed by atoms with E-state index in [-0.39, 0.29) is 0 Å². The van der Waals surface area contributed by atoms with E-state index in [4.69, 9.17) is 4.74 Å². The van der Waals surface area contributed by atoms with Crippen LogP contribution < -0.4 is 4.74 Å². The minimum absolute atomic E-state index is 0.437. The second-order valence-electron chi connectivity index (χ2n) is 2.86. The lowest BCUT2D eigenvalue weighted by Crippen LogP contribution is -1.98. The van der Waals surface area contributed by atoms with Crippen molar-refractivity contribution in [3.05, 3.63) is 38.8 Å². The van der Waals surface area contributed by atoms with Gasteiger partial charge in [-0.05, 0) is 28.1 Å². The van der Waals surface area contributed by atoms with Crippen LogP contribution in [0.3, 0.4) is 0 Å². The van der Waals surface area contributed by atoms with Crippen molar-refractivity contribution in [3.8, 4) is 5.75 Å². The number of benzene rings is 1. The summed E-state index contributed by atoms with van der Waals surface area (Å²) in [7, 11) is 0. The average molecular weight is 413 g/mol. The Morgan fingerprint density at radius 3 is 2.62 bits per heavy atom. The molecule has 1 aromatic rings. The summed E-state index contributed by atoms with van der Waals surface area (Å²) in [6.07, 6.45) is 4.60. The van der Waals surface area contributed by atoms with Crippen LogP contribution in [0.1, 0.15) is 10.4 Å². The summed E-state index contributed by atoms with van der Waals surface area (Å²) < 4.78 is 7.11. The zero-order valence-corrected chi connectivity index (χ0v) is 13.0. The number of carbonyl (C=O) groups is 1. The van der Waals surface area contributed by atoms with Crippen molar-refractivity contribution in [2.24, 2.45) is 0 Å². The van der Waals surface area contributed by atoms with Crippen LogP contribution in [0.15, 0.2) is 33.2 Å². The molecule has 1 aromatic carbocycles. The van der Waals surface area contributed by atoms with Gasteiger partial charge in [-0.3, -0.25) is 4.79 Å². The summed E-state index contributed by atoms with van der Waals surface area (Å²) >= 11 is 9.95. The van der Waals surface area contributed by atoms with Crippen molar-refractivity contribution in [1.29, 1.82) is 0 Å². The highest BCUT2D eigenvalue weighted by atomic mass is 79.9. The molecule has 0 amide bonds. The Morgan fingerprint density at radius 1 is 1.25 bits per heavy atom. The van der Waals surface area contributed by atoms with Crippen molar-refractivity contribution in [2.75, 3.05) is 11.9 Å². The molecule has 0 atom stereocenters. The van der Waals surface area contributed by atoms with Crippen molar-refractivity contribution < 1.29 is 9.53 Å². The van der Waals surface area contributed by atoms with Gasteiger partial charge in [-0.25, -0.2) is 0 Å². The fourth-order valence-corrected chi connectivity index (χ4v) is 2.72. The van der Waals surface area contributed by atoms with Crippen molar-refractivity contribution >= 4 is 54.1 Å². The number of hydrogen-bond acceptors (Lipinski definition) is 2. The molecule has 0 radical (unpaired) electrons. The first kappa shape index (κ1) is 13.9. The highest BCUT2D eigenvalue weighted by molar-refractivity contribution is 9.11. The molecule has 0 N–H and O–H groups in total. The van der Waals surface area contributed by atoms with E-state index < -0.39 is 0 Å². The maximum atomic E-state index is 10.9. The molecule has 0 aromatic heterocycles. The van der Waals surface area contributed by atoms with Gasteiger partial charge in [0.25, 0.3) is 0 Å². The molecule has 0 spiro atoms. The van der Waals surface area contributed by atoms with Crippen LogP contribution in [0.5, 0.6) is 5.75 Å². The Kier molecular flexibility index (Phi) is 6.31. The van der Waals surface area contributed by atoms with E-state index in [1.54, 1.807) is 6.07 Å². The van der Waals surface area contributed by atoms with Crippen LogP contribution in [-0.4, -0.2) is 18.2 Å². The Morgan fingerprint density at radius 2 is 2.00 bits per heavy atom. The second kappa shape index (κ2) is 7.25. The van der Waals surface area contributed by atoms with Gasteiger partial charge in [0.05, 0.1) is 10.0 Å². The third-order valence-corrected chi connectivity index (χ3v) is 3.16. The normalized spacial score (nSPS) is 10.7. The quantitative estimate of drug-likeness (QED) is 0.408. The summed E-state index contributed by atoms with van der Waals surface area (Å²) in [6.45, 7) is 0.437. The topological polar surface area (TPSA) is 26.3 Å². The minimum atomic E-state index is 0.437. The molecule has 0 heterocycles. The van der Waals surface area contributed by atoms with E-state index in [1.807, 2.05) is 18.2 Å². The third kappa shape index (κ3) is 4.03. The summed E-state index contributed by atoms with van der Waals surface area (Å²) in [5, 5.41) is 0.790. The van der Waals surface area contributed by atoms with Gasteiger partial charge in [0.2, 0.25) is 0 Å². The predicted octanol–water partition coefficient (Wildman–Crippen LogP) is 4.35. The molecule has 5 heteroatoms. The van der Waals surface area contributed by atoms with Gasteiger partial charge in [0, 0.05) is 9.80 Å². The van der Waals surface area contributed by atoms with Gasteiger partial charge in [0.15, 0.2) is 6.29 Å². The first-order valence-corrected chi connectivity index (χ1v) is 7.17. The average Bonchev–Trinajstić information content (AvgIpc) is 2.26. The SMILES string of the molecule is O=Cc1cc(Br)cc(Br)c1OC/C=C/CBr. The maximum Gasteiger partial charge on any atom is 0.153 e. The van der Waals surface area contributed by atoms with E-state index >= 15 is 0 Å². The lowest BCUT2D eigenvalue weighted by molar-refractivity contribution is 0.112. The zero-order valence-electron chi connectivity index (χ0n) is 8.25. The molecule has 2 nitrogen and oxygen atoms in total. The highest BCUT2D eigenvalue weighted by Gasteiger charge is 2.08. The molecular weight excluding hydrogens is 404 g/mol. The largest absolute Gasteiger partial charge is 0.488 e. The molecule has 16 heavy (non-hydrogen) atoms. The van der Waals surface area contributed by atoms with Crippen molar-refractivity contribution in [3.63, 3.8) is 0 Å². The number of hydrogen-bond donors (Lipinski definition) is 0. The maximum absolute atomic E-state index is 10.9. The molecule has 0 aliphatic heterocycles. The molecule has 1 rings (SSSR count). The molecule has 0 unspecified atom stereocenters. The van der Waals surface area contributed by atoms with Crippen LogP contribution in [-0.2, 0) is 0 Å². The fraction of sp³-hybridized carbons (Fsp3) is 0.182. The third-order valence-electron chi connectivity index (χ3n) is 1.74.